The van der Waals surface area contributed by atoms with Crippen LogP contribution >= 0.6 is 0 Å². The number of pyridine rings is 1. The van der Waals surface area contributed by atoms with Crippen LogP contribution in [0, 0.1) is 11.6 Å². The number of nitrogens with one attached hydrogen (secondary N) is 1. The first-order valence-electron chi connectivity index (χ1n) is 10.5. The van der Waals surface area contributed by atoms with Gasteiger partial charge in [0, 0.05) is 37.8 Å². The van der Waals surface area contributed by atoms with E-state index in [-0.39, 0.29) is 17.9 Å². The van der Waals surface area contributed by atoms with Gasteiger partial charge in [-0.05, 0) is 38.0 Å². The first-order valence-corrected chi connectivity index (χ1v) is 10.5. The van der Waals surface area contributed by atoms with Crippen molar-refractivity contribution >= 4 is 23.1 Å². The molecule has 0 bridgehead atoms. The Balaban J connectivity index is 1.52. The topological polar surface area (TPSA) is 98.6 Å². The van der Waals surface area contributed by atoms with E-state index in [1.54, 1.807) is 11.8 Å². The fourth-order valence-electron chi connectivity index (χ4n) is 3.65. The quantitative estimate of drug-likeness (QED) is 0.624. The third kappa shape index (κ3) is 4.71. The number of halogens is 2. The molecule has 3 heterocycles. The molecule has 11 heteroatoms. The summed E-state index contributed by atoms with van der Waals surface area (Å²) in [4.78, 5) is 34.9. The van der Waals surface area contributed by atoms with Gasteiger partial charge in [-0.2, -0.15) is 4.98 Å². The molecule has 33 heavy (non-hydrogen) atoms. The highest BCUT2D eigenvalue weighted by molar-refractivity contribution is 5.77. The summed E-state index contributed by atoms with van der Waals surface area (Å²) in [7, 11) is 1.49. The standard InChI is InChI=1S/C22H23F2N5O4/c1-3-32-22(31)29-9-7-14(8-10-29)26-21-25-12-13-11-17(20(30)28(2)19(13)27-21)33-18-15(23)5-4-6-16(18)24/h4-6,11-12,14H,3,7-10H2,1-2H3,(H,25,26,27). The van der Waals surface area contributed by atoms with E-state index in [0.29, 0.717) is 49.5 Å². The molecule has 3 aromatic rings. The number of piperidine rings is 1. The van der Waals surface area contributed by atoms with Crippen LogP contribution in [0.25, 0.3) is 11.0 Å². The number of nitrogens with zero attached hydrogens (tertiary/aromatic N) is 4. The summed E-state index contributed by atoms with van der Waals surface area (Å²) in [5.74, 6) is -2.39. The van der Waals surface area contributed by atoms with Crippen LogP contribution in [0.1, 0.15) is 19.8 Å². The number of carbonyl (C=O) groups is 1. The van der Waals surface area contributed by atoms with Crippen molar-refractivity contribution in [3.8, 4) is 11.5 Å². The van der Waals surface area contributed by atoms with Crippen molar-refractivity contribution in [2.75, 3.05) is 25.0 Å². The number of amides is 1. The highest BCUT2D eigenvalue weighted by atomic mass is 19.1. The van der Waals surface area contributed by atoms with E-state index in [1.807, 2.05) is 0 Å². The molecule has 1 saturated heterocycles. The van der Waals surface area contributed by atoms with Gasteiger partial charge in [0.25, 0.3) is 5.56 Å². The molecule has 0 unspecified atom stereocenters. The number of para-hydroxylation sites is 1. The Morgan fingerprint density at radius 3 is 2.61 bits per heavy atom. The van der Waals surface area contributed by atoms with Crippen LogP contribution in [0.2, 0.25) is 0 Å². The molecule has 174 valence electrons. The molecule has 0 saturated carbocycles. The average molecular weight is 459 g/mol. The molecule has 1 aliphatic heterocycles. The number of hydrogen-bond acceptors (Lipinski definition) is 7. The maximum absolute atomic E-state index is 13.9. The second-order valence-corrected chi connectivity index (χ2v) is 7.60. The zero-order chi connectivity index (χ0) is 23.5. The first-order chi connectivity index (χ1) is 15.9. The molecule has 0 spiro atoms. The van der Waals surface area contributed by atoms with E-state index < -0.39 is 22.9 Å². The number of hydrogen-bond donors (Lipinski definition) is 1. The maximum Gasteiger partial charge on any atom is 0.409 e. The van der Waals surface area contributed by atoms with E-state index in [0.717, 1.165) is 12.1 Å². The van der Waals surface area contributed by atoms with Gasteiger partial charge in [0.15, 0.2) is 23.1 Å². The van der Waals surface area contributed by atoms with Gasteiger partial charge in [-0.15, -0.1) is 0 Å². The van der Waals surface area contributed by atoms with E-state index >= 15 is 0 Å². The van der Waals surface area contributed by atoms with E-state index in [9.17, 15) is 18.4 Å². The van der Waals surface area contributed by atoms with Crippen molar-refractivity contribution < 1.29 is 23.0 Å². The Labute approximate surface area is 188 Å². The molecular weight excluding hydrogens is 436 g/mol. The van der Waals surface area contributed by atoms with Crippen molar-refractivity contribution in [1.29, 1.82) is 0 Å². The van der Waals surface area contributed by atoms with Crippen LogP contribution in [-0.4, -0.2) is 51.3 Å². The number of rotatable bonds is 5. The number of fused-ring (bicyclic) bond motifs is 1. The van der Waals surface area contributed by atoms with Crippen molar-refractivity contribution in [1.82, 2.24) is 19.4 Å². The van der Waals surface area contributed by atoms with Crippen molar-refractivity contribution in [2.45, 2.75) is 25.8 Å². The number of ether oxygens (including phenoxy) is 2. The van der Waals surface area contributed by atoms with E-state index in [1.165, 1.54) is 29.9 Å². The largest absolute Gasteiger partial charge is 0.450 e. The number of aryl methyl sites for hydroxylation is 1. The average Bonchev–Trinajstić information content (AvgIpc) is 2.80. The van der Waals surface area contributed by atoms with Crippen LogP contribution in [-0.2, 0) is 11.8 Å². The lowest BCUT2D eigenvalue weighted by Gasteiger charge is -2.31. The minimum Gasteiger partial charge on any atom is -0.450 e. The third-order valence-corrected chi connectivity index (χ3v) is 5.40. The second-order valence-electron chi connectivity index (χ2n) is 7.60. The summed E-state index contributed by atoms with van der Waals surface area (Å²) in [5.41, 5.74) is -0.264. The molecule has 1 fully saturated rings. The van der Waals surface area contributed by atoms with Crippen LogP contribution in [0.4, 0.5) is 19.5 Å². The molecule has 0 aliphatic carbocycles. The van der Waals surface area contributed by atoms with Gasteiger partial charge in [0.2, 0.25) is 5.95 Å². The molecule has 4 rings (SSSR count). The van der Waals surface area contributed by atoms with Crippen LogP contribution in [0.5, 0.6) is 11.5 Å². The smallest absolute Gasteiger partial charge is 0.409 e. The normalized spacial score (nSPS) is 14.4. The zero-order valence-electron chi connectivity index (χ0n) is 18.2. The summed E-state index contributed by atoms with van der Waals surface area (Å²) in [6.07, 6.45) is 2.57. The van der Waals surface area contributed by atoms with E-state index in [2.05, 4.69) is 15.3 Å². The van der Waals surface area contributed by atoms with Gasteiger partial charge in [-0.3, -0.25) is 9.36 Å². The molecule has 0 radical (unpaired) electrons. The third-order valence-electron chi connectivity index (χ3n) is 5.40. The summed E-state index contributed by atoms with van der Waals surface area (Å²) in [6, 6.07) is 4.70. The minimum atomic E-state index is -0.915. The van der Waals surface area contributed by atoms with Gasteiger partial charge < -0.3 is 19.7 Å². The molecule has 2 aromatic heterocycles. The summed E-state index contributed by atoms with van der Waals surface area (Å²) in [5, 5.41) is 3.70. The first kappa shape index (κ1) is 22.4. The van der Waals surface area contributed by atoms with Crippen LogP contribution in [0.15, 0.2) is 35.3 Å². The maximum atomic E-state index is 13.9. The second kappa shape index (κ2) is 9.39. The van der Waals surface area contributed by atoms with Crippen molar-refractivity contribution in [3.63, 3.8) is 0 Å². The van der Waals surface area contributed by atoms with Gasteiger partial charge >= 0.3 is 6.09 Å². The SMILES string of the molecule is CCOC(=O)N1CCC(Nc2ncc3cc(Oc4c(F)cccc4F)c(=O)n(C)c3n2)CC1. The number of likely N-dealkylation sites (tertiary alicyclic amines) is 1. The number of aromatic nitrogens is 3. The molecule has 1 amide bonds. The summed E-state index contributed by atoms with van der Waals surface area (Å²) in [6.45, 7) is 3.21. The molecule has 0 atom stereocenters. The number of carbonyl (C=O) groups excluding carboxylic acids is 1. The zero-order valence-corrected chi connectivity index (χ0v) is 18.2. The lowest BCUT2D eigenvalue weighted by molar-refractivity contribution is 0.0983. The van der Waals surface area contributed by atoms with Gasteiger partial charge in [-0.1, -0.05) is 6.07 Å². The van der Waals surface area contributed by atoms with Gasteiger partial charge in [-0.25, -0.2) is 18.6 Å². The predicted molar refractivity (Wildman–Crippen MR) is 116 cm³/mol. The number of benzene rings is 1. The van der Waals surface area contributed by atoms with Crippen molar-refractivity contribution in [2.24, 2.45) is 7.05 Å². The fraction of sp³-hybridized carbons (Fsp3) is 0.364. The minimum absolute atomic E-state index is 0.0526. The van der Waals surface area contributed by atoms with Crippen LogP contribution in [0.3, 0.4) is 0 Å². The lowest BCUT2D eigenvalue weighted by atomic mass is 10.1. The Morgan fingerprint density at radius 1 is 1.24 bits per heavy atom. The monoisotopic (exact) mass is 459 g/mol. The summed E-state index contributed by atoms with van der Waals surface area (Å²) < 4.78 is 39.4. The summed E-state index contributed by atoms with van der Waals surface area (Å²) >= 11 is 0. The Bertz CT molecular complexity index is 1220. The molecule has 1 aromatic carbocycles. The molecule has 9 nitrogen and oxygen atoms in total. The molecule has 1 aliphatic rings. The lowest BCUT2D eigenvalue weighted by Crippen LogP contribution is -2.42. The highest BCUT2D eigenvalue weighted by Gasteiger charge is 2.24. The Morgan fingerprint density at radius 2 is 1.94 bits per heavy atom. The van der Waals surface area contributed by atoms with Crippen LogP contribution < -0.4 is 15.6 Å². The fourth-order valence-corrected chi connectivity index (χ4v) is 3.65. The van der Waals surface area contributed by atoms with E-state index in [4.69, 9.17) is 9.47 Å². The molecule has 1 N–H and O–H groups in total. The van der Waals surface area contributed by atoms with Crippen molar-refractivity contribution in [3.05, 3.63) is 52.5 Å². The number of anilines is 1. The van der Waals surface area contributed by atoms with Gasteiger partial charge in [0.05, 0.1) is 6.61 Å². The Hall–Kier alpha value is -3.76. The Kier molecular flexibility index (Phi) is 6.38. The predicted octanol–water partition coefficient (Wildman–Crippen LogP) is 3.43. The molecular formula is C22H23F2N5O4. The van der Waals surface area contributed by atoms with Gasteiger partial charge in [0.1, 0.15) is 5.65 Å². The highest BCUT2D eigenvalue weighted by Crippen LogP contribution is 2.27.